The van der Waals surface area contributed by atoms with Crippen LogP contribution in [0.25, 0.3) is 27.7 Å². The fraction of sp³-hybridized carbons (Fsp3) is 0.414. The maximum Gasteiger partial charge on any atom is 0.251 e. The zero-order chi connectivity index (χ0) is 29.2. The highest BCUT2D eigenvalue weighted by atomic mass is 32.2. The summed E-state index contributed by atoms with van der Waals surface area (Å²) in [6.07, 6.45) is -5.30. The molecule has 0 saturated carbocycles. The number of nitrogens with one attached hydrogen (secondary N) is 1. The fourth-order valence-corrected chi connectivity index (χ4v) is 5.99. The van der Waals surface area contributed by atoms with Gasteiger partial charge in [-0.15, -0.1) is 0 Å². The highest BCUT2D eigenvalue weighted by Crippen LogP contribution is 2.32. The second-order valence-electron chi connectivity index (χ2n) is 9.91. The van der Waals surface area contributed by atoms with E-state index in [0.717, 1.165) is 35.1 Å². The minimum atomic E-state index is -4.34. The topological polar surface area (TPSA) is 156 Å². The van der Waals surface area contributed by atoms with Crippen molar-refractivity contribution in [3.8, 4) is 17.4 Å². The summed E-state index contributed by atoms with van der Waals surface area (Å²) in [6, 6.07) is 17.3. The van der Waals surface area contributed by atoms with Gasteiger partial charge in [-0.05, 0) is 61.9 Å². The summed E-state index contributed by atoms with van der Waals surface area (Å²) < 4.78 is 39.4. The van der Waals surface area contributed by atoms with Crippen LogP contribution in [0, 0.1) is 17.2 Å². The molecule has 0 radical (unpaired) electrons. The van der Waals surface area contributed by atoms with E-state index < -0.39 is 52.0 Å². The van der Waals surface area contributed by atoms with Crippen molar-refractivity contribution in [1.82, 2.24) is 4.72 Å². The number of allylic oxidation sites excluding steroid dienone is 2. The monoisotopic (exact) mass is 569 g/mol. The number of aliphatic hydroxyl groups is 3. The maximum atomic E-state index is 13.0. The van der Waals surface area contributed by atoms with Crippen molar-refractivity contribution in [1.29, 1.82) is 5.26 Å². The second kappa shape index (κ2) is 12.1. The Kier molecular flexibility index (Phi) is 8.99. The fourth-order valence-electron chi connectivity index (χ4n) is 4.84. The lowest BCUT2D eigenvalue weighted by Gasteiger charge is -2.39. The van der Waals surface area contributed by atoms with Crippen molar-refractivity contribution < 1.29 is 32.9 Å². The summed E-state index contributed by atoms with van der Waals surface area (Å²) in [6.45, 7) is 8.58. The quantitative estimate of drug-likeness (QED) is 0.284. The van der Waals surface area contributed by atoms with Crippen molar-refractivity contribution in [2.75, 3.05) is 24.5 Å². The molecule has 10 nitrogen and oxygen atoms in total. The predicted octanol–water partition coefficient (Wildman–Crippen LogP) is 3.20. The van der Waals surface area contributed by atoms with Gasteiger partial charge in [0.05, 0.1) is 6.10 Å². The first-order chi connectivity index (χ1) is 19.0. The highest BCUT2D eigenvalue weighted by molar-refractivity contribution is 7.93. The molecule has 2 heterocycles. The third-order valence-corrected chi connectivity index (χ3v) is 8.91. The molecule has 5 atom stereocenters. The van der Waals surface area contributed by atoms with E-state index in [1.54, 1.807) is 18.2 Å². The summed E-state index contributed by atoms with van der Waals surface area (Å²) >= 11 is 0. The zero-order valence-electron chi connectivity index (χ0n) is 22.9. The van der Waals surface area contributed by atoms with E-state index in [2.05, 4.69) is 41.7 Å². The molecule has 1 unspecified atom stereocenters. The number of hydrogen-bond donors (Lipinski definition) is 4. The molecule has 1 aliphatic heterocycles. The summed E-state index contributed by atoms with van der Waals surface area (Å²) in [4.78, 5) is 1.71. The van der Waals surface area contributed by atoms with E-state index >= 15 is 0 Å². The van der Waals surface area contributed by atoms with Gasteiger partial charge in [0.2, 0.25) is 0 Å². The third-order valence-electron chi connectivity index (χ3n) is 7.43. The number of nitrogens with zero attached hydrogens (tertiary/aromatic N) is 2. The molecule has 1 saturated heterocycles. The Hall–Kier alpha value is -3.24. The lowest BCUT2D eigenvalue weighted by molar-refractivity contribution is -0.257. The van der Waals surface area contributed by atoms with E-state index in [-0.39, 0.29) is 11.3 Å². The number of ether oxygens (including phenoxy) is 1. The molecular weight excluding hydrogens is 534 g/mol. The number of sulfonamides is 1. The minimum Gasteiger partial charge on any atom is -0.456 e. The van der Waals surface area contributed by atoms with Gasteiger partial charge in [0.15, 0.2) is 11.2 Å². The van der Waals surface area contributed by atoms with E-state index in [4.69, 9.17) is 9.15 Å². The summed E-state index contributed by atoms with van der Waals surface area (Å²) in [5.41, 5.74) is 2.05. The molecule has 4 rings (SSSR count). The largest absolute Gasteiger partial charge is 0.456 e. The van der Waals surface area contributed by atoms with Crippen molar-refractivity contribution in [2.24, 2.45) is 5.92 Å². The van der Waals surface area contributed by atoms with E-state index in [1.807, 2.05) is 18.2 Å². The lowest BCUT2D eigenvalue weighted by atomic mass is 9.92. The number of anilines is 1. The summed E-state index contributed by atoms with van der Waals surface area (Å²) in [5, 5.41) is 42.0. The maximum absolute atomic E-state index is 13.0. The van der Waals surface area contributed by atoms with Gasteiger partial charge in [-0.25, -0.2) is 13.1 Å². The standard InChI is InChI=1S/C29H35N3O7S/c1-5-32(6-2)22-10-9-19-13-21(8-7-20(19)14-22)24-12-11-23(38-24)17(3)26(15-30)40(36,37)31-16-25-28(34)27(33)18(4)29(35)39-25/h7-14,18,25,27-29,31,33-35H,5-6,16H2,1-4H3/b26-17+/t18-,25-,27-,28-,29?/m1/s1. The molecule has 1 aliphatic rings. The lowest BCUT2D eigenvalue weighted by Crippen LogP contribution is -2.56. The molecule has 214 valence electrons. The van der Waals surface area contributed by atoms with Crippen molar-refractivity contribution >= 4 is 32.1 Å². The first kappa shape index (κ1) is 29.7. The number of aliphatic hydroxyl groups excluding tert-OH is 3. The van der Waals surface area contributed by atoms with E-state index in [0.29, 0.717) is 5.76 Å². The second-order valence-corrected chi connectivity index (χ2v) is 11.6. The molecule has 1 fully saturated rings. The molecule has 0 spiro atoms. The first-order valence-corrected chi connectivity index (χ1v) is 14.7. The van der Waals surface area contributed by atoms with Crippen molar-refractivity contribution in [3.05, 3.63) is 59.2 Å². The van der Waals surface area contributed by atoms with Gasteiger partial charge in [-0.2, -0.15) is 5.26 Å². The van der Waals surface area contributed by atoms with Gasteiger partial charge >= 0.3 is 0 Å². The van der Waals surface area contributed by atoms with Crippen LogP contribution >= 0.6 is 0 Å². The Morgan fingerprint density at radius 3 is 2.38 bits per heavy atom. The molecule has 3 aromatic rings. The van der Waals surface area contributed by atoms with Crippen LogP contribution in [0.15, 0.2) is 57.9 Å². The van der Waals surface area contributed by atoms with Gasteiger partial charge in [-0.3, -0.25) is 0 Å². The van der Waals surface area contributed by atoms with Crippen LogP contribution in [0.3, 0.4) is 0 Å². The average molecular weight is 570 g/mol. The Labute approximate surface area is 234 Å². The Bertz CT molecular complexity index is 1540. The predicted molar refractivity (Wildman–Crippen MR) is 152 cm³/mol. The number of furan rings is 1. The van der Waals surface area contributed by atoms with Crippen LogP contribution < -0.4 is 9.62 Å². The summed E-state index contributed by atoms with van der Waals surface area (Å²) in [5.74, 6) is -0.0227. The van der Waals surface area contributed by atoms with Crippen LogP contribution in [-0.4, -0.2) is 68.0 Å². The van der Waals surface area contributed by atoms with Gasteiger partial charge in [0.1, 0.15) is 29.8 Å². The van der Waals surface area contributed by atoms with E-state index in [1.165, 1.54) is 13.8 Å². The Morgan fingerprint density at radius 2 is 1.70 bits per heavy atom. The highest BCUT2D eigenvalue weighted by Gasteiger charge is 2.42. The van der Waals surface area contributed by atoms with Crippen LogP contribution in [-0.2, 0) is 14.8 Å². The number of fused-ring (bicyclic) bond motifs is 1. The Morgan fingerprint density at radius 1 is 1.02 bits per heavy atom. The summed E-state index contributed by atoms with van der Waals surface area (Å²) in [7, 11) is -4.34. The van der Waals surface area contributed by atoms with Gasteiger partial charge < -0.3 is 29.4 Å². The number of rotatable bonds is 9. The SMILES string of the molecule is CCN(CC)c1ccc2cc(-c3ccc(/C(C)=C(\C#N)S(=O)(=O)NC[C@H]4OC(O)[C@H](C)[C@@H](O)[C@@H]4O)o3)ccc2c1. The first-order valence-electron chi connectivity index (χ1n) is 13.2. The van der Waals surface area contributed by atoms with Crippen LogP contribution in [0.2, 0.25) is 0 Å². The number of benzene rings is 2. The molecule has 11 heteroatoms. The van der Waals surface area contributed by atoms with E-state index in [9.17, 15) is 29.0 Å². The number of nitriles is 1. The van der Waals surface area contributed by atoms with Crippen LogP contribution in [0.5, 0.6) is 0 Å². The van der Waals surface area contributed by atoms with Crippen molar-refractivity contribution in [2.45, 2.75) is 52.3 Å². The molecule has 0 amide bonds. The third kappa shape index (κ3) is 5.93. The van der Waals surface area contributed by atoms with Crippen LogP contribution in [0.4, 0.5) is 5.69 Å². The molecule has 4 N–H and O–H groups in total. The number of hydrogen-bond acceptors (Lipinski definition) is 9. The molecular formula is C29H35N3O7S. The van der Waals surface area contributed by atoms with Crippen LogP contribution in [0.1, 0.15) is 33.5 Å². The normalized spacial score (nSPS) is 24.0. The van der Waals surface area contributed by atoms with Gasteiger partial charge in [-0.1, -0.05) is 25.1 Å². The molecule has 40 heavy (non-hydrogen) atoms. The minimum absolute atomic E-state index is 0.102. The zero-order valence-corrected chi connectivity index (χ0v) is 23.7. The molecule has 0 bridgehead atoms. The Balaban J connectivity index is 1.55. The average Bonchev–Trinajstić information content (AvgIpc) is 3.44. The van der Waals surface area contributed by atoms with Crippen molar-refractivity contribution in [3.63, 3.8) is 0 Å². The smallest absolute Gasteiger partial charge is 0.251 e. The molecule has 2 aromatic carbocycles. The molecule has 0 aliphatic carbocycles. The van der Waals surface area contributed by atoms with Gasteiger partial charge in [0.25, 0.3) is 10.0 Å². The molecule has 1 aromatic heterocycles. The van der Waals surface area contributed by atoms with Gasteiger partial charge in [0, 0.05) is 42.4 Å².